The number of esters is 1. The Labute approximate surface area is 104 Å². The predicted octanol–water partition coefficient (Wildman–Crippen LogP) is 2.86. The number of carboxylic acids is 1. The molecule has 0 heterocycles. The summed E-state index contributed by atoms with van der Waals surface area (Å²) in [5.41, 5.74) is 0.0759. The van der Waals surface area contributed by atoms with Crippen molar-refractivity contribution in [3.8, 4) is 0 Å². The van der Waals surface area contributed by atoms with E-state index in [9.17, 15) is 9.59 Å². The standard InChI is InChI=1S/C11H17BrO4/c1-5-6-8(7(2)9(13)14)16-10(15)11(3,4)12/h5-6H2,1-4H3,(H,13,14). The number of hydrogen-bond acceptors (Lipinski definition) is 3. The molecular formula is C11H17BrO4. The van der Waals surface area contributed by atoms with Crippen LogP contribution in [0.2, 0.25) is 0 Å². The van der Waals surface area contributed by atoms with E-state index >= 15 is 0 Å². The number of halogens is 1. The van der Waals surface area contributed by atoms with Crippen LogP contribution < -0.4 is 0 Å². The summed E-state index contributed by atoms with van der Waals surface area (Å²) in [6, 6.07) is 0. The normalized spacial score (nSPS) is 13.1. The van der Waals surface area contributed by atoms with E-state index < -0.39 is 16.3 Å². The third kappa shape index (κ3) is 4.79. The van der Waals surface area contributed by atoms with E-state index in [-0.39, 0.29) is 11.3 Å². The highest BCUT2D eigenvalue weighted by Crippen LogP contribution is 2.22. The molecule has 0 saturated heterocycles. The first kappa shape index (κ1) is 15.2. The molecule has 5 heteroatoms. The lowest BCUT2D eigenvalue weighted by Crippen LogP contribution is -2.27. The molecule has 0 atom stereocenters. The van der Waals surface area contributed by atoms with E-state index in [1.807, 2.05) is 6.92 Å². The maximum atomic E-state index is 11.6. The number of carbonyl (C=O) groups is 2. The highest BCUT2D eigenvalue weighted by atomic mass is 79.9. The van der Waals surface area contributed by atoms with Crippen molar-refractivity contribution in [3.05, 3.63) is 11.3 Å². The molecule has 0 aliphatic rings. The van der Waals surface area contributed by atoms with E-state index in [0.717, 1.165) is 6.42 Å². The minimum absolute atomic E-state index is 0.0759. The molecule has 0 aromatic heterocycles. The van der Waals surface area contributed by atoms with E-state index in [1.54, 1.807) is 13.8 Å². The lowest BCUT2D eigenvalue weighted by atomic mass is 10.1. The van der Waals surface area contributed by atoms with Crippen LogP contribution in [0.1, 0.15) is 40.5 Å². The number of alkyl halides is 1. The van der Waals surface area contributed by atoms with E-state index in [4.69, 9.17) is 9.84 Å². The van der Waals surface area contributed by atoms with Gasteiger partial charge < -0.3 is 9.84 Å². The van der Waals surface area contributed by atoms with Gasteiger partial charge in [-0.15, -0.1) is 0 Å². The van der Waals surface area contributed by atoms with Crippen molar-refractivity contribution in [2.24, 2.45) is 0 Å². The molecular weight excluding hydrogens is 276 g/mol. The Morgan fingerprint density at radius 2 is 1.88 bits per heavy atom. The summed E-state index contributed by atoms with van der Waals surface area (Å²) >= 11 is 3.17. The molecule has 0 unspecified atom stereocenters. The fraction of sp³-hybridized carbons (Fsp3) is 0.636. The highest BCUT2D eigenvalue weighted by molar-refractivity contribution is 9.10. The third-order valence-electron chi connectivity index (χ3n) is 1.92. The van der Waals surface area contributed by atoms with Crippen LogP contribution in [-0.2, 0) is 14.3 Å². The quantitative estimate of drug-likeness (QED) is 0.366. The van der Waals surface area contributed by atoms with Crippen molar-refractivity contribution in [2.45, 2.75) is 44.9 Å². The Balaban J connectivity index is 4.92. The average molecular weight is 293 g/mol. The van der Waals surface area contributed by atoms with Crippen molar-refractivity contribution in [3.63, 3.8) is 0 Å². The minimum Gasteiger partial charge on any atom is -0.478 e. The third-order valence-corrected chi connectivity index (χ3v) is 2.24. The zero-order valence-corrected chi connectivity index (χ0v) is 11.6. The maximum Gasteiger partial charge on any atom is 0.334 e. The molecule has 4 nitrogen and oxygen atoms in total. The van der Waals surface area contributed by atoms with Gasteiger partial charge >= 0.3 is 11.9 Å². The molecule has 92 valence electrons. The maximum absolute atomic E-state index is 11.6. The summed E-state index contributed by atoms with van der Waals surface area (Å²) in [4.78, 5) is 22.4. The van der Waals surface area contributed by atoms with Gasteiger partial charge in [0.15, 0.2) is 0 Å². The number of carbonyl (C=O) groups excluding carboxylic acids is 1. The molecule has 0 saturated carbocycles. The van der Waals surface area contributed by atoms with E-state index in [0.29, 0.717) is 6.42 Å². The molecule has 0 aromatic carbocycles. The first-order valence-corrected chi connectivity index (χ1v) is 5.83. The van der Waals surface area contributed by atoms with Gasteiger partial charge in [-0.1, -0.05) is 22.9 Å². The van der Waals surface area contributed by atoms with Crippen LogP contribution in [0.5, 0.6) is 0 Å². The molecule has 1 N–H and O–H groups in total. The van der Waals surface area contributed by atoms with Crippen LogP contribution >= 0.6 is 15.9 Å². The van der Waals surface area contributed by atoms with Gasteiger partial charge in [-0.25, -0.2) is 4.79 Å². The Bertz CT molecular complexity index is 312. The molecule has 0 aliphatic heterocycles. The van der Waals surface area contributed by atoms with Crippen molar-refractivity contribution in [2.75, 3.05) is 0 Å². The van der Waals surface area contributed by atoms with Gasteiger partial charge in [0.1, 0.15) is 10.1 Å². The largest absolute Gasteiger partial charge is 0.478 e. The van der Waals surface area contributed by atoms with Crippen molar-refractivity contribution in [1.29, 1.82) is 0 Å². The van der Waals surface area contributed by atoms with E-state index in [1.165, 1.54) is 6.92 Å². The van der Waals surface area contributed by atoms with Crippen molar-refractivity contribution in [1.82, 2.24) is 0 Å². The van der Waals surface area contributed by atoms with Crippen molar-refractivity contribution < 1.29 is 19.4 Å². The average Bonchev–Trinajstić information content (AvgIpc) is 2.14. The van der Waals surface area contributed by atoms with Crippen LogP contribution in [0.4, 0.5) is 0 Å². The summed E-state index contributed by atoms with van der Waals surface area (Å²) < 4.78 is 4.28. The second-order valence-electron chi connectivity index (χ2n) is 3.97. The first-order chi connectivity index (χ1) is 7.20. The summed E-state index contributed by atoms with van der Waals surface area (Å²) in [6.45, 7) is 6.62. The number of hydrogen-bond donors (Lipinski definition) is 1. The Morgan fingerprint density at radius 1 is 1.38 bits per heavy atom. The van der Waals surface area contributed by atoms with Gasteiger partial charge in [0.05, 0.1) is 5.57 Å². The van der Waals surface area contributed by atoms with Gasteiger partial charge in [0, 0.05) is 6.42 Å². The lowest BCUT2D eigenvalue weighted by Gasteiger charge is -2.17. The molecule has 0 radical (unpaired) electrons. The molecule has 0 aliphatic carbocycles. The molecule has 16 heavy (non-hydrogen) atoms. The fourth-order valence-corrected chi connectivity index (χ4v) is 0.976. The number of rotatable bonds is 5. The second-order valence-corrected chi connectivity index (χ2v) is 5.95. The van der Waals surface area contributed by atoms with Crippen LogP contribution in [0.15, 0.2) is 11.3 Å². The number of aliphatic carboxylic acids is 1. The summed E-state index contributed by atoms with van der Waals surface area (Å²) in [7, 11) is 0. The van der Waals surface area contributed by atoms with Crippen molar-refractivity contribution >= 4 is 27.9 Å². The zero-order chi connectivity index (χ0) is 12.9. The van der Waals surface area contributed by atoms with Gasteiger partial charge in [-0.3, -0.25) is 4.79 Å². The molecule has 0 fully saturated rings. The molecule has 0 rings (SSSR count). The fourth-order valence-electron chi connectivity index (χ4n) is 0.895. The highest BCUT2D eigenvalue weighted by Gasteiger charge is 2.27. The topological polar surface area (TPSA) is 63.6 Å². The van der Waals surface area contributed by atoms with Crippen LogP contribution in [0, 0.1) is 0 Å². The minimum atomic E-state index is -1.07. The Hall–Kier alpha value is -0.840. The Morgan fingerprint density at radius 3 is 2.19 bits per heavy atom. The number of allylic oxidation sites excluding steroid dienone is 1. The molecule has 0 spiro atoms. The smallest absolute Gasteiger partial charge is 0.334 e. The molecule has 0 aromatic rings. The van der Waals surface area contributed by atoms with Crippen LogP contribution in [-0.4, -0.2) is 21.4 Å². The molecule has 0 amide bonds. The first-order valence-electron chi connectivity index (χ1n) is 5.04. The predicted molar refractivity (Wildman–Crippen MR) is 64.3 cm³/mol. The second kappa shape index (κ2) is 6.03. The lowest BCUT2D eigenvalue weighted by molar-refractivity contribution is -0.141. The monoisotopic (exact) mass is 292 g/mol. The summed E-state index contributed by atoms with van der Waals surface area (Å²) in [5.74, 6) is -1.33. The Kier molecular flexibility index (Phi) is 5.72. The number of ether oxygens (including phenoxy) is 1. The summed E-state index contributed by atoms with van der Waals surface area (Å²) in [6.07, 6.45) is 1.16. The van der Waals surface area contributed by atoms with Gasteiger partial charge in [0.25, 0.3) is 0 Å². The summed E-state index contributed by atoms with van der Waals surface area (Å²) in [5, 5.41) is 8.83. The van der Waals surface area contributed by atoms with Crippen LogP contribution in [0.25, 0.3) is 0 Å². The molecule has 0 bridgehead atoms. The zero-order valence-electron chi connectivity index (χ0n) is 9.96. The van der Waals surface area contributed by atoms with Crippen LogP contribution in [0.3, 0.4) is 0 Å². The number of carboxylic acid groups (broad SMARTS) is 1. The van der Waals surface area contributed by atoms with Gasteiger partial charge in [-0.2, -0.15) is 0 Å². The van der Waals surface area contributed by atoms with Gasteiger partial charge in [-0.05, 0) is 27.2 Å². The van der Waals surface area contributed by atoms with Gasteiger partial charge in [0.2, 0.25) is 0 Å². The van der Waals surface area contributed by atoms with E-state index in [2.05, 4.69) is 15.9 Å². The SMILES string of the molecule is CCCC(OC(=O)C(C)(C)Br)=C(C)C(=O)O.